The van der Waals surface area contributed by atoms with E-state index in [0.29, 0.717) is 34.1 Å². The van der Waals surface area contributed by atoms with Crippen LogP contribution in [0.25, 0.3) is 0 Å². The van der Waals surface area contributed by atoms with Crippen molar-refractivity contribution >= 4 is 11.8 Å². The van der Waals surface area contributed by atoms with E-state index in [0.717, 1.165) is 0 Å². The van der Waals surface area contributed by atoms with Gasteiger partial charge in [0.1, 0.15) is 11.5 Å². The molecule has 1 atom stereocenters. The van der Waals surface area contributed by atoms with Crippen molar-refractivity contribution in [2.75, 3.05) is 28.1 Å². The third-order valence-electron chi connectivity index (χ3n) is 4.38. The van der Waals surface area contributed by atoms with Gasteiger partial charge in [0.15, 0.2) is 17.3 Å². The summed E-state index contributed by atoms with van der Waals surface area (Å²) in [7, 11) is 4.30. The maximum Gasteiger partial charge on any atom is 0.313 e. The Bertz CT molecular complexity index is 859. The summed E-state index contributed by atoms with van der Waals surface area (Å²) in [5, 5.41) is 0. The average molecular weight is 372 g/mol. The molecule has 0 bridgehead atoms. The molecule has 7 nitrogen and oxygen atoms in total. The van der Waals surface area contributed by atoms with E-state index in [1.54, 1.807) is 36.4 Å². The fraction of sp³-hybridized carbons (Fsp3) is 0.300. The lowest BCUT2D eigenvalue weighted by Gasteiger charge is -2.16. The zero-order chi connectivity index (χ0) is 19.4. The van der Waals surface area contributed by atoms with Crippen LogP contribution in [0.15, 0.2) is 36.4 Å². The Morgan fingerprint density at radius 1 is 1.00 bits per heavy atom. The molecule has 1 heterocycles. The molecule has 1 unspecified atom stereocenters. The predicted octanol–water partition coefficient (Wildman–Crippen LogP) is 2.96. The van der Waals surface area contributed by atoms with Gasteiger partial charge in [-0.25, -0.2) is 0 Å². The number of methoxy groups -OCH3 is 3. The van der Waals surface area contributed by atoms with Gasteiger partial charge in [-0.1, -0.05) is 6.07 Å². The number of hydrogen-bond donors (Lipinski definition) is 0. The largest absolute Gasteiger partial charge is 0.497 e. The molecule has 2 aromatic carbocycles. The summed E-state index contributed by atoms with van der Waals surface area (Å²) in [6, 6.07) is 10.1. The lowest BCUT2D eigenvalue weighted by Crippen LogP contribution is -2.18. The number of ketones is 1. The van der Waals surface area contributed by atoms with E-state index in [1.807, 2.05) is 0 Å². The topological polar surface area (TPSA) is 80.3 Å². The van der Waals surface area contributed by atoms with Crippen LogP contribution in [-0.2, 0) is 9.53 Å². The van der Waals surface area contributed by atoms with Crippen LogP contribution in [-0.4, -0.2) is 39.9 Å². The number of hydrogen-bond acceptors (Lipinski definition) is 7. The molecule has 0 aromatic heterocycles. The molecule has 0 saturated heterocycles. The molecule has 0 amide bonds. The van der Waals surface area contributed by atoms with Crippen LogP contribution in [0.4, 0.5) is 0 Å². The van der Waals surface area contributed by atoms with E-state index in [4.69, 9.17) is 23.7 Å². The number of rotatable bonds is 7. The summed E-state index contributed by atoms with van der Waals surface area (Å²) >= 11 is 0. The molecule has 0 radical (unpaired) electrons. The quantitative estimate of drug-likeness (QED) is 0.546. The van der Waals surface area contributed by atoms with E-state index in [1.165, 1.54) is 21.3 Å². The molecule has 1 aliphatic heterocycles. The number of carbonyl (C=O) groups is 2. The number of ether oxygens (including phenoxy) is 5. The normalized spacial score (nSPS) is 13.0. The molecule has 2 aromatic rings. The van der Waals surface area contributed by atoms with E-state index >= 15 is 0 Å². The first-order valence-electron chi connectivity index (χ1n) is 8.30. The average Bonchev–Trinajstić information content (AvgIpc) is 3.18. The van der Waals surface area contributed by atoms with Gasteiger partial charge in [0.25, 0.3) is 0 Å². The van der Waals surface area contributed by atoms with Crippen LogP contribution in [0.1, 0.15) is 28.3 Å². The summed E-state index contributed by atoms with van der Waals surface area (Å²) in [4.78, 5) is 25.2. The molecule has 0 saturated carbocycles. The van der Waals surface area contributed by atoms with Gasteiger partial charge >= 0.3 is 5.97 Å². The van der Waals surface area contributed by atoms with Gasteiger partial charge in [0, 0.05) is 12.5 Å². The molecule has 0 N–H and O–H groups in total. The Morgan fingerprint density at radius 2 is 1.78 bits per heavy atom. The monoisotopic (exact) mass is 372 g/mol. The summed E-state index contributed by atoms with van der Waals surface area (Å²) in [6.45, 7) is 0.129. The third-order valence-corrected chi connectivity index (χ3v) is 4.38. The first kappa shape index (κ1) is 18.6. The number of esters is 1. The van der Waals surface area contributed by atoms with Crippen molar-refractivity contribution in [3.8, 4) is 23.0 Å². The van der Waals surface area contributed by atoms with Crippen LogP contribution in [0.5, 0.6) is 23.0 Å². The van der Waals surface area contributed by atoms with Crippen molar-refractivity contribution < 1.29 is 33.3 Å². The first-order valence-corrected chi connectivity index (χ1v) is 8.30. The fourth-order valence-corrected chi connectivity index (χ4v) is 2.93. The highest BCUT2D eigenvalue weighted by atomic mass is 16.7. The molecule has 7 heteroatoms. The molecule has 27 heavy (non-hydrogen) atoms. The van der Waals surface area contributed by atoms with Crippen LogP contribution >= 0.6 is 0 Å². The van der Waals surface area contributed by atoms with Crippen molar-refractivity contribution in [2.45, 2.75) is 12.3 Å². The standard InChI is InChI=1S/C20H20O7/c1-23-13-5-6-14(18(9-13)24-2)16(21)10-15(20(22)25-3)12-4-7-17-19(8-12)27-11-26-17/h4-9,15H,10-11H2,1-3H3. The Morgan fingerprint density at radius 3 is 2.48 bits per heavy atom. The van der Waals surface area contributed by atoms with Crippen molar-refractivity contribution in [3.05, 3.63) is 47.5 Å². The number of benzene rings is 2. The summed E-state index contributed by atoms with van der Waals surface area (Å²) in [5.41, 5.74) is 0.986. The highest BCUT2D eigenvalue weighted by molar-refractivity contribution is 6.01. The number of fused-ring (bicyclic) bond motifs is 1. The third kappa shape index (κ3) is 3.81. The van der Waals surface area contributed by atoms with Crippen molar-refractivity contribution in [1.29, 1.82) is 0 Å². The smallest absolute Gasteiger partial charge is 0.313 e. The van der Waals surface area contributed by atoms with E-state index < -0.39 is 11.9 Å². The molecule has 3 rings (SSSR count). The minimum atomic E-state index is -0.774. The van der Waals surface area contributed by atoms with E-state index in [9.17, 15) is 9.59 Å². The molecule has 0 fully saturated rings. The second kappa shape index (κ2) is 7.99. The lowest BCUT2D eigenvalue weighted by molar-refractivity contribution is -0.142. The van der Waals surface area contributed by atoms with Crippen molar-refractivity contribution in [2.24, 2.45) is 0 Å². The Balaban J connectivity index is 1.89. The van der Waals surface area contributed by atoms with Crippen LogP contribution in [0.3, 0.4) is 0 Å². The SMILES string of the molecule is COC(=O)C(CC(=O)c1ccc(OC)cc1OC)c1ccc2c(c1)OCO2. The fourth-order valence-electron chi connectivity index (χ4n) is 2.93. The van der Waals surface area contributed by atoms with E-state index in [2.05, 4.69) is 0 Å². The first-order chi connectivity index (χ1) is 13.1. The Hall–Kier alpha value is -3.22. The minimum absolute atomic E-state index is 0.0744. The summed E-state index contributed by atoms with van der Waals surface area (Å²) in [6.07, 6.45) is -0.0744. The highest BCUT2D eigenvalue weighted by Crippen LogP contribution is 2.36. The molecule has 0 spiro atoms. The van der Waals surface area contributed by atoms with Gasteiger partial charge in [-0.2, -0.15) is 0 Å². The van der Waals surface area contributed by atoms with Gasteiger partial charge in [0.2, 0.25) is 6.79 Å². The molecule has 0 aliphatic carbocycles. The molecule has 1 aliphatic rings. The van der Waals surface area contributed by atoms with Crippen molar-refractivity contribution in [1.82, 2.24) is 0 Å². The van der Waals surface area contributed by atoms with Crippen LogP contribution < -0.4 is 18.9 Å². The summed E-state index contributed by atoms with van der Waals surface area (Å²) < 4.78 is 26.0. The van der Waals surface area contributed by atoms with Gasteiger partial charge in [-0.3, -0.25) is 9.59 Å². The molecular formula is C20H20O7. The van der Waals surface area contributed by atoms with E-state index in [-0.39, 0.29) is 19.0 Å². The zero-order valence-corrected chi connectivity index (χ0v) is 15.3. The number of Topliss-reactive ketones (excluding diaryl/α,β-unsaturated/α-hetero) is 1. The van der Waals surface area contributed by atoms with Gasteiger partial charge in [-0.05, 0) is 29.8 Å². The summed E-state index contributed by atoms with van der Waals surface area (Å²) in [5.74, 6) is 0.569. The van der Waals surface area contributed by atoms with Gasteiger partial charge < -0.3 is 23.7 Å². The Kier molecular flexibility index (Phi) is 5.49. The molecule has 142 valence electrons. The Labute approximate surface area is 156 Å². The minimum Gasteiger partial charge on any atom is -0.497 e. The van der Waals surface area contributed by atoms with Gasteiger partial charge in [0.05, 0.1) is 32.8 Å². The predicted molar refractivity (Wildman–Crippen MR) is 95.8 cm³/mol. The highest BCUT2D eigenvalue weighted by Gasteiger charge is 2.28. The van der Waals surface area contributed by atoms with Crippen LogP contribution in [0, 0.1) is 0 Å². The second-order valence-corrected chi connectivity index (χ2v) is 5.88. The second-order valence-electron chi connectivity index (χ2n) is 5.88. The maximum absolute atomic E-state index is 12.9. The lowest BCUT2D eigenvalue weighted by atomic mass is 9.91. The van der Waals surface area contributed by atoms with Crippen molar-refractivity contribution in [3.63, 3.8) is 0 Å². The number of carbonyl (C=O) groups excluding carboxylic acids is 2. The van der Waals surface area contributed by atoms with Gasteiger partial charge in [-0.15, -0.1) is 0 Å². The maximum atomic E-state index is 12.9. The van der Waals surface area contributed by atoms with Crippen LogP contribution in [0.2, 0.25) is 0 Å². The molecular weight excluding hydrogens is 352 g/mol. The zero-order valence-electron chi connectivity index (χ0n) is 15.3.